The highest BCUT2D eigenvalue weighted by molar-refractivity contribution is 6.34. The Bertz CT molecular complexity index is 499. The predicted molar refractivity (Wildman–Crippen MR) is 53.1 cm³/mol. The molecule has 0 N–H and O–H groups in total. The first-order valence-corrected chi connectivity index (χ1v) is 4.58. The van der Waals surface area contributed by atoms with Crippen LogP contribution in [0, 0.1) is 10.1 Å². The molecule has 0 bridgehead atoms. The van der Waals surface area contributed by atoms with Crippen molar-refractivity contribution in [3.8, 4) is 0 Å². The lowest BCUT2D eigenvalue weighted by Gasteiger charge is -2.10. The number of halogens is 4. The standard InChI is InChI=1S/C9H5ClF3NO3/c1-4(15)6-2-5(14(16)17)3-7(8(6)10)9(11,12)13/h2-3H,1H3. The molecule has 4 nitrogen and oxygen atoms in total. The van der Waals surface area contributed by atoms with E-state index in [4.69, 9.17) is 11.6 Å². The molecule has 0 saturated heterocycles. The van der Waals surface area contributed by atoms with Crippen molar-refractivity contribution >= 4 is 23.1 Å². The van der Waals surface area contributed by atoms with E-state index in [1.807, 2.05) is 0 Å². The van der Waals surface area contributed by atoms with Crippen LogP contribution in [-0.4, -0.2) is 10.7 Å². The van der Waals surface area contributed by atoms with Gasteiger partial charge in [-0.2, -0.15) is 13.2 Å². The molecule has 0 aromatic heterocycles. The maximum absolute atomic E-state index is 12.5. The van der Waals surface area contributed by atoms with E-state index in [-0.39, 0.29) is 0 Å². The van der Waals surface area contributed by atoms with Gasteiger partial charge in [0.1, 0.15) is 0 Å². The lowest BCUT2D eigenvalue weighted by molar-refractivity contribution is -0.385. The van der Waals surface area contributed by atoms with Gasteiger partial charge in [-0.05, 0) is 6.92 Å². The van der Waals surface area contributed by atoms with Crippen LogP contribution in [-0.2, 0) is 6.18 Å². The largest absolute Gasteiger partial charge is 0.418 e. The van der Waals surface area contributed by atoms with Crippen LogP contribution in [0.5, 0.6) is 0 Å². The fourth-order valence-electron chi connectivity index (χ4n) is 1.18. The van der Waals surface area contributed by atoms with Crippen LogP contribution >= 0.6 is 11.6 Å². The van der Waals surface area contributed by atoms with Gasteiger partial charge in [0.2, 0.25) is 0 Å². The van der Waals surface area contributed by atoms with E-state index in [1.54, 1.807) is 0 Å². The summed E-state index contributed by atoms with van der Waals surface area (Å²) in [7, 11) is 0. The average molecular weight is 268 g/mol. The lowest BCUT2D eigenvalue weighted by atomic mass is 10.1. The van der Waals surface area contributed by atoms with Crippen LogP contribution in [0.15, 0.2) is 12.1 Å². The maximum atomic E-state index is 12.5. The number of carbonyl (C=O) groups excluding carboxylic acids is 1. The molecule has 0 spiro atoms. The van der Waals surface area contributed by atoms with Crippen molar-refractivity contribution in [1.29, 1.82) is 0 Å². The van der Waals surface area contributed by atoms with Crippen molar-refractivity contribution in [3.63, 3.8) is 0 Å². The highest BCUT2D eigenvalue weighted by Gasteiger charge is 2.36. The number of benzene rings is 1. The molecule has 0 aliphatic carbocycles. The summed E-state index contributed by atoms with van der Waals surface area (Å²) in [4.78, 5) is 20.5. The summed E-state index contributed by atoms with van der Waals surface area (Å²) in [5, 5.41) is 9.63. The summed E-state index contributed by atoms with van der Waals surface area (Å²) in [5.41, 5.74) is -2.74. The molecule has 92 valence electrons. The third-order valence-corrected chi connectivity index (χ3v) is 2.36. The van der Waals surface area contributed by atoms with E-state index < -0.39 is 38.7 Å². The van der Waals surface area contributed by atoms with E-state index in [0.29, 0.717) is 6.07 Å². The number of nitrogens with zero attached hydrogens (tertiary/aromatic N) is 1. The van der Waals surface area contributed by atoms with Gasteiger partial charge in [0.15, 0.2) is 5.78 Å². The lowest BCUT2D eigenvalue weighted by Crippen LogP contribution is -2.10. The van der Waals surface area contributed by atoms with Gasteiger partial charge in [0, 0.05) is 17.7 Å². The van der Waals surface area contributed by atoms with Crippen LogP contribution in [0.3, 0.4) is 0 Å². The molecular weight excluding hydrogens is 263 g/mol. The number of hydrogen-bond donors (Lipinski definition) is 0. The van der Waals surface area contributed by atoms with Gasteiger partial charge in [-0.1, -0.05) is 11.6 Å². The van der Waals surface area contributed by atoms with Crippen molar-refractivity contribution in [1.82, 2.24) is 0 Å². The highest BCUT2D eigenvalue weighted by atomic mass is 35.5. The molecule has 0 atom stereocenters. The number of alkyl halides is 3. The summed E-state index contributed by atoms with van der Waals surface area (Å²) in [6, 6.07) is 1.02. The second-order valence-electron chi connectivity index (χ2n) is 3.17. The van der Waals surface area contributed by atoms with Crippen molar-refractivity contribution in [2.24, 2.45) is 0 Å². The first kappa shape index (κ1) is 13.4. The number of ketones is 1. The fraction of sp³-hybridized carbons (Fsp3) is 0.222. The maximum Gasteiger partial charge on any atom is 0.418 e. The first-order chi connectivity index (χ1) is 7.64. The molecule has 1 rings (SSSR count). The second kappa shape index (κ2) is 4.33. The minimum Gasteiger partial charge on any atom is -0.294 e. The van der Waals surface area contributed by atoms with Crippen molar-refractivity contribution < 1.29 is 22.9 Å². The zero-order chi connectivity index (χ0) is 13.4. The second-order valence-corrected chi connectivity index (χ2v) is 3.54. The Hall–Kier alpha value is -1.63. The third-order valence-electron chi connectivity index (χ3n) is 1.95. The fourth-order valence-corrected chi connectivity index (χ4v) is 1.53. The van der Waals surface area contributed by atoms with Gasteiger partial charge in [-0.25, -0.2) is 0 Å². The summed E-state index contributed by atoms with van der Waals surface area (Å²) >= 11 is 5.40. The summed E-state index contributed by atoms with van der Waals surface area (Å²) < 4.78 is 37.6. The third kappa shape index (κ3) is 2.73. The Morgan fingerprint density at radius 2 is 1.94 bits per heavy atom. The molecule has 0 heterocycles. The molecule has 0 amide bonds. The van der Waals surface area contributed by atoms with Crippen molar-refractivity contribution in [2.75, 3.05) is 0 Å². The minimum absolute atomic E-state index is 0.300. The zero-order valence-corrected chi connectivity index (χ0v) is 9.09. The number of non-ortho nitro benzene ring substituents is 1. The molecular formula is C9H5ClF3NO3. The van der Waals surface area contributed by atoms with Crippen LogP contribution in [0.25, 0.3) is 0 Å². The van der Waals surface area contributed by atoms with E-state index in [2.05, 4.69) is 0 Å². The van der Waals surface area contributed by atoms with Crippen LogP contribution in [0.4, 0.5) is 18.9 Å². The smallest absolute Gasteiger partial charge is 0.294 e. The van der Waals surface area contributed by atoms with Crippen LogP contribution in [0.2, 0.25) is 5.02 Å². The van der Waals surface area contributed by atoms with Gasteiger partial charge in [-0.3, -0.25) is 14.9 Å². The molecule has 0 unspecified atom stereocenters. The van der Waals surface area contributed by atoms with E-state index in [1.165, 1.54) is 0 Å². The van der Waals surface area contributed by atoms with Gasteiger partial charge >= 0.3 is 6.18 Å². The van der Waals surface area contributed by atoms with Crippen molar-refractivity contribution in [3.05, 3.63) is 38.4 Å². The van der Waals surface area contributed by atoms with E-state index >= 15 is 0 Å². The quantitative estimate of drug-likeness (QED) is 0.468. The average Bonchev–Trinajstić information content (AvgIpc) is 2.15. The Morgan fingerprint density at radius 3 is 2.29 bits per heavy atom. The van der Waals surface area contributed by atoms with Gasteiger partial charge in [-0.15, -0.1) is 0 Å². The monoisotopic (exact) mass is 267 g/mol. The number of carbonyl (C=O) groups is 1. The predicted octanol–water partition coefficient (Wildman–Crippen LogP) is 3.47. The summed E-state index contributed by atoms with van der Waals surface area (Å²) in [6.07, 6.45) is -4.85. The molecule has 1 aromatic rings. The molecule has 8 heteroatoms. The molecule has 0 saturated carbocycles. The van der Waals surface area contributed by atoms with Crippen molar-refractivity contribution in [2.45, 2.75) is 13.1 Å². The Labute approximate surface area is 98.1 Å². The minimum atomic E-state index is -4.85. The number of Topliss-reactive ketones (excluding diaryl/α,β-unsaturated/α-hetero) is 1. The number of rotatable bonds is 2. The molecule has 17 heavy (non-hydrogen) atoms. The first-order valence-electron chi connectivity index (χ1n) is 4.20. The number of hydrogen-bond acceptors (Lipinski definition) is 3. The Balaban J connectivity index is 3.60. The van der Waals surface area contributed by atoms with Crippen LogP contribution in [0.1, 0.15) is 22.8 Å². The number of nitro groups is 1. The highest BCUT2D eigenvalue weighted by Crippen LogP contribution is 2.38. The van der Waals surface area contributed by atoms with E-state index in [0.717, 1.165) is 13.0 Å². The zero-order valence-electron chi connectivity index (χ0n) is 8.34. The molecule has 0 aliphatic rings. The summed E-state index contributed by atoms with van der Waals surface area (Å²) in [5.74, 6) is -0.774. The Morgan fingerprint density at radius 1 is 1.41 bits per heavy atom. The van der Waals surface area contributed by atoms with Gasteiger partial charge in [0.05, 0.1) is 15.5 Å². The SMILES string of the molecule is CC(=O)c1cc([N+](=O)[O-])cc(C(F)(F)F)c1Cl. The number of nitro benzene ring substituents is 1. The Kier molecular flexibility index (Phi) is 3.42. The van der Waals surface area contributed by atoms with Gasteiger partial charge in [0.25, 0.3) is 5.69 Å². The molecule has 0 aliphatic heterocycles. The molecule has 1 aromatic carbocycles. The summed E-state index contributed by atoms with van der Waals surface area (Å²) in [6.45, 7) is 0.977. The van der Waals surface area contributed by atoms with Crippen LogP contribution < -0.4 is 0 Å². The normalized spacial score (nSPS) is 11.4. The molecule has 0 fully saturated rings. The van der Waals surface area contributed by atoms with E-state index in [9.17, 15) is 28.1 Å². The topological polar surface area (TPSA) is 60.2 Å². The molecule has 0 radical (unpaired) electrons. The van der Waals surface area contributed by atoms with Gasteiger partial charge < -0.3 is 0 Å².